The number of aliphatic carboxylic acids is 1. The van der Waals surface area contributed by atoms with E-state index in [-0.39, 0.29) is 25.4 Å². The lowest BCUT2D eigenvalue weighted by Crippen LogP contribution is -2.29. The second-order valence-corrected chi connectivity index (χ2v) is 2.13. The van der Waals surface area contributed by atoms with Crippen LogP contribution in [-0.4, -0.2) is 29.8 Å². The van der Waals surface area contributed by atoms with Gasteiger partial charge in [-0.1, -0.05) is 0 Å². The normalized spacial score (nSPS) is 31.3. The summed E-state index contributed by atoms with van der Waals surface area (Å²) in [5.41, 5.74) is 0. The second kappa shape index (κ2) is 3.73. The van der Waals surface area contributed by atoms with Crippen molar-refractivity contribution in [2.45, 2.75) is 18.6 Å². The smallest absolute Gasteiger partial charge is 0.320 e. The van der Waals surface area contributed by atoms with Crippen LogP contribution in [0.1, 0.15) is 6.42 Å². The Labute approximate surface area is 64.0 Å². The van der Waals surface area contributed by atoms with E-state index in [4.69, 9.17) is 5.11 Å². The Morgan fingerprint density at radius 3 is 2.50 bits per heavy atom. The van der Waals surface area contributed by atoms with Gasteiger partial charge in [0.2, 0.25) is 0 Å². The summed E-state index contributed by atoms with van der Waals surface area (Å²) in [4.78, 5) is 10.1. The number of halogens is 2. The highest BCUT2D eigenvalue weighted by Gasteiger charge is 2.28. The van der Waals surface area contributed by atoms with Gasteiger partial charge in [-0.05, 0) is 0 Å². The number of carboxylic acid groups (broad SMARTS) is 1. The highest BCUT2D eigenvalue weighted by Crippen LogP contribution is 2.09. The van der Waals surface area contributed by atoms with Gasteiger partial charge in [-0.2, -0.15) is 0 Å². The fraction of sp³-hybridized carbons (Fsp3) is 0.800. The van der Waals surface area contributed by atoms with E-state index in [9.17, 15) is 9.18 Å². The van der Waals surface area contributed by atoms with Crippen molar-refractivity contribution < 1.29 is 14.3 Å². The molecule has 3 nitrogen and oxygen atoms in total. The first-order chi connectivity index (χ1) is 4.20. The minimum absolute atomic E-state index is 0. The fourth-order valence-corrected chi connectivity index (χ4v) is 0.881. The summed E-state index contributed by atoms with van der Waals surface area (Å²) >= 11 is 0. The molecule has 0 spiro atoms. The lowest BCUT2D eigenvalue weighted by Gasteiger charge is -1.99. The zero-order valence-corrected chi connectivity index (χ0v) is 6.03. The zero-order chi connectivity index (χ0) is 6.85. The van der Waals surface area contributed by atoms with E-state index in [1.54, 1.807) is 0 Å². The van der Waals surface area contributed by atoms with Crippen LogP contribution in [0, 0.1) is 0 Å². The van der Waals surface area contributed by atoms with Crippen molar-refractivity contribution in [2.24, 2.45) is 0 Å². The molecule has 2 N–H and O–H groups in total. The Hall–Kier alpha value is -0.350. The van der Waals surface area contributed by atoms with Crippen molar-refractivity contribution in [2.75, 3.05) is 6.54 Å². The topological polar surface area (TPSA) is 49.3 Å². The Balaban J connectivity index is 0.000000810. The molecule has 0 aromatic rings. The number of hydrogen-bond donors (Lipinski definition) is 2. The molecule has 10 heavy (non-hydrogen) atoms. The van der Waals surface area contributed by atoms with Gasteiger partial charge in [-0.3, -0.25) is 4.79 Å². The molecule has 2 atom stereocenters. The van der Waals surface area contributed by atoms with Crippen molar-refractivity contribution in [1.29, 1.82) is 0 Å². The standard InChI is InChI=1S/C5H8FNO2.ClH/c6-3-1-4(5(8)9)7-2-3;/h3-4,7H,1-2H2,(H,8,9);1H/t3-,4+;/m0./s1. The fourth-order valence-electron chi connectivity index (χ4n) is 0.881. The van der Waals surface area contributed by atoms with Gasteiger partial charge in [0.1, 0.15) is 12.2 Å². The van der Waals surface area contributed by atoms with Gasteiger partial charge in [0.05, 0.1) is 0 Å². The molecule has 0 unspecified atom stereocenters. The Morgan fingerprint density at radius 1 is 1.70 bits per heavy atom. The van der Waals surface area contributed by atoms with Crippen LogP contribution in [0.25, 0.3) is 0 Å². The van der Waals surface area contributed by atoms with Crippen molar-refractivity contribution in [3.63, 3.8) is 0 Å². The van der Waals surface area contributed by atoms with Gasteiger partial charge in [-0.25, -0.2) is 4.39 Å². The molecular weight excluding hydrogens is 161 g/mol. The van der Waals surface area contributed by atoms with Crippen molar-refractivity contribution >= 4 is 18.4 Å². The van der Waals surface area contributed by atoms with Crippen LogP contribution in [0.5, 0.6) is 0 Å². The number of nitrogens with one attached hydrogen (secondary N) is 1. The third-order valence-electron chi connectivity index (χ3n) is 1.38. The number of carboxylic acids is 1. The van der Waals surface area contributed by atoms with Gasteiger partial charge in [0, 0.05) is 13.0 Å². The van der Waals surface area contributed by atoms with E-state index in [2.05, 4.69) is 5.32 Å². The second-order valence-electron chi connectivity index (χ2n) is 2.13. The number of carbonyl (C=O) groups is 1. The van der Waals surface area contributed by atoms with Crippen LogP contribution in [0.3, 0.4) is 0 Å². The predicted molar refractivity (Wildman–Crippen MR) is 36.2 cm³/mol. The van der Waals surface area contributed by atoms with E-state index in [0.717, 1.165) is 0 Å². The Bertz CT molecular complexity index is 133. The molecule has 0 saturated carbocycles. The molecule has 0 aliphatic carbocycles. The predicted octanol–water partition coefficient (Wildman–Crippen LogP) is 0.193. The maximum absolute atomic E-state index is 12.2. The first-order valence-electron chi connectivity index (χ1n) is 2.80. The van der Waals surface area contributed by atoms with Crippen molar-refractivity contribution in [1.82, 2.24) is 5.32 Å². The van der Waals surface area contributed by atoms with E-state index in [1.165, 1.54) is 0 Å². The van der Waals surface area contributed by atoms with E-state index in [0.29, 0.717) is 0 Å². The molecule has 1 aliphatic rings. The van der Waals surface area contributed by atoms with Crippen molar-refractivity contribution in [3.05, 3.63) is 0 Å². The van der Waals surface area contributed by atoms with Crippen molar-refractivity contribution in [3.8, 4) is 0 Å². The van der Waals surface area contributed by atoms with E-state index < -0.39 is 18.2 Å². The lowest BCUT2D eigenvalue weighted by molar-refractivity contribution is -0.139. The summed E-state index contributed by atoms with van der Waals surface area (Å²) in [5, 5.41) is 10.8. The average Bonchev–Trinajstić information content (AvgIpc) is 2.14. The molecule has 0 bridgehead atoms. The highest BCUT2D eigenvalue weighted by molar-refractivity contribution is 5.85. The summed E-state index contributed by atoms with van der Waals surface area (Å²) in [7, 11) is 0. The summed E-state index contributed by atoms with van der Waals surface area (Å²) < 4.78 is 12.2. The first-order valence-corrected chi connectivity index (χ1v) is 2.80. The van der Waals surface area contributed by atoms with E-state index in [1.807, 2.05) is 0 Å². The maximum Gasteiger partial charge on any atom is 0.320 e. The summed E-state index contributed by atoms with van der Waals surface area (Å²) in [5.74, 6) is -0.963. The molecule has 1 saturated heterocycles. The first kappa shape index (κ1) is 9.65. The molecule has 1 heterocycles. The summed E-state index contributed by atoms with van der Waals surface area (Å²) in [6.45, 7) is 0.178. The van der Waals surface area contributed by atoms with Crippen LogP contribution in [0.4, 0.5) is 4.39 Å². The van der Waals surface area contributed by atoms with Crippen LogP contribution in [0.2, 0.25) is 0 Å². The van der Waals surface area contributed by atoms with Crippen LogP contribution < -0.4 is 5.32 Å². The third-order valence-corrected chi connectivity index (χ3v) is 1.38. The molecule has 0 amide bonds. The minimum Gasteiger partial charge on any atom is -0.480 e. The number of hydrogen-bond acceptors (Lipinski definition) is 2. The largest absolute Gasteiger partial charge is 0.480 e. The van der Waals surface area contributed by atoms with E-state index >= 15 is 0 Å². The van der Waals surface area contributed by atoms with Crippen LogP contribution in [-0.2, 0) is 4.79 Å². The SMILES string of the molecule is Cl.O=C(O)[C@H]1C[C@H](F)CN1. The highest BCUT2D eigenvalue weighted by atomic mass is 35.5. The molecule has 0 aromatic heterocycles. The van der Waals surface area contributed by atoms with Gasteiger partial charge in [0.25, 0.3) is 0 Å². The number of rotatable bonds is 1. The van der Waals surface area contributed by atoms with Gasteiger partial charge in [0.15, 0.2) is 0 Å². The molecule has 0 aromatic carbocycles. The van der Waals surface area contributed by atoms with Crippen LogP contribution in [0.15, 0.2) is 0 Å². The zero-order valence-electron chi connectivity index (χ0n) is 5.21. The number of alkyl halides is 1. The molecule has 1 fully saturated rings. The van der Waals surface area contributed by atoms with Gasteiger partial charge < -0.3 is 10.4 Å². The molecule has 60 valence electrons. The average molecular weight is 170 g/mol. The lowest BCUT2D eigenvalue weighted by atomic mass is 10.2. The van der Waals surface area contributed by atoms with Gasteiger partial charge >= 0.3 is 5.97 Å². The summed E-state index contributed by atoms with van der Waals surface area (Å²) in [6, 6.07) is -0.667. The van der Waals surface area contributed by atoms with Gasteiger partial charge in [-0.15, -0.1) is 12.4 Å². The minimum atomic E-state index is -0.980. The third kappa shape index (κ3) is 2.11. The maximum atomic E-state index is 12.2. The molecule has 5 heteroatoms. The monoisotopic (exact) mass is 169 g/mol. The van der Waals surface area contributed by atoms with Crippen LogP contribution >= 0.6 is 12.4 Å². The molecule has 1 rings (SSSR count). The molecule has 0 radical (unpaired) electrons. The summed E-state index contributed by atoms with van der Waals surface area (Å²) in [6.07, 6.45) is -0.874. The molecule has 1 aliphatic heterocycles. The Kier molecular flexibility index (Phi) is 3.60. The Morgan fingerprint density at radius 2 is 2.30 bits per heavy atom. The quantitative estimate of drug-likeness (QED) is 0.589. The molecular formula is C5H9ClFNO2.